The highest BCUT2D eigenvalue weighted by Gasteiger charge is 2.30. The molecular weight excluding hydrogens is 299 g/mol. The molecule has 0 aliphatic heterocycles. The molecule has 21 heavy (non-hydrogen) atoms. The summed E-state index contributed by atoms with van der Waals surface area (Å²) in [6.45, 7) is 3.49. The lowest BCUT2D eigenvalue weighted by Crippen LogP contribution is -2.12. The zero-order valence-electron chi connectivity index (χ0n) is 11.3. The van der Waals surface area contributed by atoms with Crippen molar-refractivity contribution in [1.82, 2.24) is 15.3 Å². The van der Waals surface area contributed by atoms with Crippen molar-refractivity contribution in [3.8, 4) is 0 Å². The zero-order chi connectivity index (χ0) is 15.3. The van der Waals surface area contributed by atoms with Gasteiger partial charge in [-0.3, -0.25) is 0 Å². The van der Waals surface area contributed by atoms with Crippen molar-refractivity contribution in [2.24, 2.45) is 0 Å². The Labute approximate surface area is 125 Å². The number of hydrogen-bond acceptors (Lipinski definition) is 4. The van der Waals surface area contributed by atoms with E-state index in [2.05, 4.69) is 15.3 Å². The third-order valence-electron chi connectivity index (χ3n) is 2.68. The van der Waals surface area contributed by atoms with Gasteiger partial charge in [0, 0.05) is 18.9 Å². The molecule has 0 atom stereocenters. The highest BCUT2D eigenvalue weighted by Crippen LogP contribution is 2.31. The minimum absolute atomic E-state index is 0.486. The monoisotopic (exact) mass is 313 g/mol. The first-order chi connectivity index (χ1) is 10.0. The summed E-state index contributed by atoms with van der Waals surface area (Å²) >= 11 is 1.25. The SMILES string of the molecule is CCNCc1cccnc1Sc1ccc(C(F)(F)F)cn1. The lowest BCUT2D eigenvalue weighted by molar-refractivity contribution is -0.137. The summed E-state index contributed by atoms with van der Waals surface area (Å²) in [6, 6.07) is 6.15. The Morgan fingerprint density at radius 3 is 2.62 bits per heavy atom. The Hall–Kier alpha value is -1.60. The highest BCUT2D eigenvalue weighted by molar-refractivity contribution is 7.99. The average Bonchev–Trinajstić information content (AvgIpc) is 2.46. The minimum atomic E-state index is -4.36. The van der Waals surface area contributed by atoms with Crippen LogP contribution in [0.1, 0.15) is 18.1 Å². The third-order valence-corrected chi connectivity index (χ3v) is 3.69. The number of alkyl halides is 3. The molecule has 0 amide bonds. The maximum absolute atomic E-state index is 12.5. The van der Waals surface area contributed by atoms with Crippen molar-refractivity contribution in [3.63, 3.8) is 0 Å². The van der Waals surface area contributed by atoms with Gasteiger partial charge in [-0.2, -0.15) is 13.2 Å². The smallest absolute Gasteiger partial charge is 0.313 e. The van der Waals surface area contributed by atoms with Gasteiger partial charge in [0.05, 0.1) is 5.56 Å². The second-order valence-corrected chi connectivity index (χ2v) is 5.24. The van der Waals surface area contributed by atoms with Crippen molar-refractivity contribution in [1.29, 1.82) is 0 Å². The summed E-state index contributed by atoms with van der Waals surface area (Å²) in [4.78, 5) is 8.10. The second kappa shape index (κ2) is 6.91. The molecule has 0 radical (unpaired) electrons. The fourth-order valence-corrected chi connectivity index (χ4v) is 2.44. The van der Waals surface area contributed by atoms with Gasteiger partial charge >= 0.3 is 6.18 Å². The first-order valence-corrected chi connectivity index (χ1v) is 7.18. The van der Waals surface area contributed by atoms with E-state index in [0.717, 1.165) is 29.4 Å². The molecule has 2 aromatic rings. The van der Waals surface area contributed by atoms with Crippen LogP contribution in [0.25, 0.3) is 0 Å². The molecule has 0 saturated carbocycles. The number of nitrogens with zero attached hydrogens (tertiary/aromatic N) is 2. The molecular formula is C14H14F3N3S. The molecule has 1 N–H and O–H groups in total. The van der Waals surface area contributed by atoms with Gasteiger partial charge < -0.3 is 5.32 Å². The standard InChI is InChI=1S/C14H14F3N3S/c1-2-18-8-10-4-3-7-19-13(10)21-12-6-5-11(9-20-12)14(15,16)17/h3-7,9,18H,2,8H2,1H3. The van der Waals surface area contributed by atoms with Crippen molar-refractivity contribution in [2.75, 3.05) is 6.54 Å². The first-order valence-electron chi connectivity index (χ1n) is 6.36. The first kappa shape index (κ1) is 15.8. The van der Waals surface area contributed by atoms with Crippen LogP contribution < -0.4 is 5.32 Å². The van der Waals surface area contributed by atoms with Gasteiger partial charge in [-0.05, 0) is 42.1 Å². The van der Waals surface area contributed by atoms with E-state index in [1.165, 1.54) is 17.8 Å². The summed E-state index contributed by atoms with van der Waals surface area (Å²) in [6.07, 6.45) is -1.87. The Balaban J connectivity index is 2.15. The normalized spacial score (nSPS) is 11.6. The Kier molecular flexibility index (Phi) is 5.19. The number of nitrogens with one attached hydrogen (secondary N) is 1. The summed E-state index contributed by atoms with van der Waals surface area (Å²) < 4.78 is 37.4. The number of pyridine rings is 2. The third kappa shape index (κ3) is 4.44. The second-order valence-electron chi connectivity index (χ2n) is 4.23. The van der Waals surface area contributed by atoms with E-state index in [0.29, 0.717) is 11.6 Å². The lowest BCUT2D eigenvalue weighted by Gasteiger charge is -2.09. The molecule has 3 nitrogen and oxygen atoms in total. The van der Waals surface area contributed by atoms with E-state index in [9.17, 15) is 13.2 Å². The van der Waals surface area contributed by atoms with Gasteiger partial charge in [0.1, 0.15) is 10.1 Å². The molecule has 2 rings (SSSR count). The van der Waals surface area contributed by atoms with Crippen LogP contribution >= 0.6 is 11.8 Å². The quantitative estimate of drug-likeness (QED) is 0.912. The molecule has 0 spiro atoms. The number of aromatic nitrogens is 2. The van der Waals surface area contributed by atoms with Crippen LogP contribution in [0.4, 0.5) is 13.2 Å². The molecule has 0 aliphatic rings. The van der Waals surface area contributed by atoms with E-state index < -0.39 is 11.7 Å². The molecule has 0 aromatic carbocycles. The molecule has 0 aliphatic carbocycles. The summed E-state index contributed by atoms with van der Waals surface area (Å²) in [5, 5.41) is 4.42. The van der Waals surface area contributed by atoms with Crippen LogP contribution in [0, 0.1) is 0 Å². The summed E-state index contributed by atoms with van der Waals surface area (Å²) in [5.41, 5.74) is 0.242. The fraction of sp³-hybridized carbons (Fsp3) is 0.286. The molecule has 0 bridgehead atoms. The van der Waals surface area contributed by atoms with Crippen molar-refractivity contribution < 1.29 is 13.2 Å². The van der Waals surface area contributed by atoms with Gasteiger partial charge in [0.2, 0.25) is 0 Å². The largest absolute Gasteiger partial charge is 0.417 e. The van der Waals surface area contributed by atoms with Crippen molar-refractivity contribution >= 4 is 11.8 Å². The predicted molar refractivity (Wildman–Crippen MR) is 75.0 cm³/mol. The van der Waals surface area contributed by atoms with Crippen LogP contribution in [0.5, 0.6) is 0 Å². The molecule has 0 fully saturated rings. The summed E-state index contributed by atoms with van der Waals surface area (Å²) in [7, 11) is 0. The van der Waals surface area contributed by atoms with E-state index >= 15 is 0 Å². The summed E-state index contributed by atoms with van der Waals surface area (Å²) in [5.74, 6) is 0. The minimum Gasteiger partial charge on any atom is -0.313 e. The van der Waals surface area contributed by atoms with Crippen LogP contribution in [0.2, 0.25) is 0 Å². The predicted octanol–water partition coefficient (Wildman–Crippen LogP) is 3.76. The average molecular weight is 313 g/mol. The van der Waals surface area contributed by atoms with E-state index in [1.807, 2.05) is 19.1 Å². The molecule has 0 saturated heterocycles. The Bertz CT molecular complexity index is 585. The molecule has 2 heterocycles. The topological polar surface area (TPSA) is 37.8 Å². The molecule has 112 valence electrons. The van der Waals surface area contributed by atoms with Gasteiger partial charge in [-0.1, -0.05) is 13.0 Å². The van der Waals surface area contributed by atoms with Gasteiger partial charge in [0.25, 0.3) is 0 Å². The molecule has 7 heteroatoms. The van der Waals surface area contributed by atoms with Gasteiger partial charge in [-0.25, -0.2) is 9.97 Å². The van der Waals surface area contributed by atoms with Gasteiger partial charge in [-0.15, -0.1) is 0 Å². The van der Waals surface area contributed by atoms with Crippen LogP contribution in [-0.4, -0.2) is 16.5 Å². The van der Waals surface area contributed by atoms with E-state index in [1.54, 1.807) is 6.20 Å². The van der Waals surface area contributed by atoms with E-state index in [4.69, 9.17) is 0 Å². The maximum Gasteiger partial charge on any atom is 0.417 e. The Morgan fingerprint density at radius 2 is 2.00 bits per heavy atom. The number of hydrogen-bond donors (Lipinski definition) is 1. The van der Waals surface area contributed by atoms with E-state index in [-0.39, 0.29) is 0 Å². The van der Waals surface area contributed by atoms with Crippen molar-refractivity contribution in [2.45, 2.75) is 29.7 Å². The molecule has 0 unspecified atom stereocenters. The molecule has 2 aromatic heterocycles. The van der Waals surface area contributed by atoms with Crippen LogP contribution in [-0.2, 0) is 12.7 Å². The van der Waals surface area contributed by atoms with Crippen LogP contribution in [0.15, 0.2) is 46.7 Å². The number of rotatable bonds is 5. The fourth-order valence-electron chi connectivity index (χ4n) is 1.62. The maximum atomic E-state index is 12.5. The van der Waals surface area contributed by atoms with Crippen LogP contribution in [0.3, 0.4) is 0 Å². The lowest BCUT2D eigenvalue weighted by atomic mass is 10.3. The van der Waals surface area contributed by atoms with Crippen molar-refractivity contribution in [3.05, 3.63) is 47.8 Å². The zero-order valence-corrected chi connectivity index (χ0v) is 12.1. The highest BCUT2D eigenvalue weighted by atomic mass is 32.2. The Morgan fingerprint density at radius 1 is 1.19 bits per heavy atom. The van der Waals surface area contributed by atoms with Gasteiger partial charge in [0.15, 0.2) is 0 Å². The number of halogens is 3.